The van der Waals surface area contributed by atoms with Gasteiger partial charge in [0, 0.05) is 18.0 Å². The van der Waals surface area contributed by atoms with Gasteiger partial charge in [-0.1, -0.05) is 17.4 Å². The number of nitrogens with zero attached hydrogens (tertiary/aromatic N) is 4. The van der Waals surface area contributed by atoms with Gasteiger partial charge in [0.15, 0.2) is 5.13 Å². The number of benzene rings is 2. The topological polar surface area (TPSA) is 88.3 Å². The number of methoxy groups -OCH3 is 2. The summed E-state index contributed by atoms with van der Waals surface area (Å²) in [5.74, 6) is 1.03. The SMILES string of the molecule is COc1ccc(OC)c2sc(N(Cc3cccnc3)C(=O)c3ccc(C#N)cc3)nc12. The first kappa shape index (κ1) is 20.3. The summed E-state index contributed by atoms with van der Waals surface area (Å²) in [6, 6.07) is 15.9. The Morgan fingerprint density at radius 3 is 2.48 bits per heavy atom. The zero-order chi connectivity index (χ0) is 21.8. The highest BCUT2D eigenvalue weighted by Gasteiger charge is 2.24. The third-order valence-corrected chi connectivity index (χ3v) is 5.79. The van der Waals surface area contributed by atoms with Crippen molar-refractivity contribution in [2.45, 2.75) is 6.54 Å². The van der Waals surface area contributed by atoms with Crippen LogP contribution >= 0.6 is 11.3 Å². The van der Waals surface area contributed by atoms with Crippen molar-refractivity contribution in [3.63, 3.8) is 0 Å². The molecule has 2 aromatic carbocycles. The van der Waals surface area contributed by atoms with Crippen LogP contribution in [0.5, 0.6) is 11.5 Å². The molecule has 0 spiro atoms. The van der Waals surface area contributed by atoms with Crippen molar-refractivity contribution >= 4 is 32.6 Å². The largest absolute Gasteiger partial charge is 0.495 e. The number of carbonyl (C=O) groups is 1. The number of thiazole rings is 1. The molecule has 7 nitrogen and oxygen atoms in total. The number of hydrogen-bond donors (Lipinski definition) is 0. The van der Waals surface area contributed by atoms with Crippen molar-refractivity contribution in [1.29, 1.82) is 5.26 Å². The average molecular weight is 430 g/mol. The smallest absolute Gasteiger partial charge is 0.260 e. The van der Waals surface area contributed by atoms with Crippen molar-refractivity contribution < 1.29 is 14.3 Å². The van der Waals surface area contributed by atoms with E-state index in [1.807, 2.05) is 18.2 Å². The first-order valence-corrected chi connectivity index (χ1v) is 10.2. The highest BCUT2D eigenvalue weighted by atomic mass is 32.1. The number of nitriles is 1. The maximum atomic E-state index is 13.5. The average Bonchev–Trinajstić information content (AvgIpc) is 3.27. The van der Waals surface area contributed by atoms with Crippen LogP contribution < -0.4 is 14.4 Å². The van der Waals surface area contributed by atoms with Gasteiger partial charge in [-0.25, -0.2) is 4.98 Å². The van der Waals surface area contributed by atoms with Gasteiger partial charge in [-0.15, -0.1) is 0 Å². The summed E-state index contributed by atoms with van der Waals surface area (Å²) >= 11 is 1.35. The third kappa shape index (κ3) is 4.04. The zero-order valence-electron chi connectivity index (χ0n) is 16.9. The van der Waals surface area contributed by atoms with Crippen LogP contribution in [0.1, 0.15) is 21.5 Å². The fraction of sp³-hybridized carbons (Fsp3) is 0.130. The second-order valence-corrected chi connectivity index (χ2v) is 7.56. The van der Waals surface area contributed by atoms with E-state index >= 15 is 0 Å². The molecule has 0 aliphatic heterocycles. The minimum Gasteiger partial charge on any atom is -0.495 e. The van der Waals surface area contributed by atoms with Crippen molar-refractivity contribution in [3.05, 3.63) is 77.6 Å². The standard InChI is InChI=1S/C23H18N4O3S/c1-29-18-9-10-19(30-2)21-20(18)26-23(31-21)27(14-16-4-3-11-25-13-16)22(28)17-7-5-15(12-24)6-8-17/h3-11,13H,14H2,1-2H3. The summed E-state index contributed by atoms with van der Waals surface area (Å²) in [5, 5.41) is 9.55. The minimum atomic E-state index is -0.231. The van der Waals surface area contributed by atoms with Gasteiger partial charge in [-0.2, -0.15) is 5.26 Å². The molecule has 0 fully saturated rings. The number of ether oxygens (including phenoxy) is 2. The van der Waals surface area contributed by atoms with Crippen molar-refractivity contribution in [3.8, 4) is 17.6 Å². The lowest BCUT2D eigenvalue weighted by atomic mass is 10.1. The van der Waals surface area contributed by atoms with E-state index in [0.717, 1.165) is 10.3 Å². The Hall–Kier alpha value is -3.96. The molecular weight excluding hydrogens is 412 g/mol. The van der Waals surface area contributed by atoms with Gasteiger partial charge in [0.2, 0.25) is 0 Å². The van der Waals surface area contributed by atoms with Crippen molar-refractivity contribution in [1.82, 2.24) is 9.97 Å². The Kier molecular flexibility index (Phi) is 5.78. The Morgan fingerprint density at radius 1 is 1.10 bits per heavy atom. The van der Waals surface area contributed by atoms with E-state index in [2.05, 4.69) is 11.1 Å². The molecule has 0 unspecified atom stereocenters. The van der Waals surface area contributed by atoms with Crippen molar-refractivity contribution in [2.75, 3.05) is 19.1 Å². The lowest BCUT2D eigenvalue weighted by Gasteiger charge is -2.20. The molecule has 0 saturated carbocycles. The summed E-state index contributed by atoms with van der Waals surface area (Å²) in [6.07, 6.45) is 3.40. The molecule has 1 amide bonds. The van der Waals surface area contributed by atoms with E-state index in [0.29, 0.717) is 33.3 Å². The molecule has 2 aromatic heterocycles. The predicted molar refractivity (Wildman–Crippen MR) is 119 cm³/mol. The lowest BCUT2D eigenvalue weighted by molar-refractivity contribution is 0.0985. The summed E-state index contributed by atoms with van der Waals surface area (Å²) in [4.78, 5) is 23.9. The molecule has 0 atom stereocenters. The zero-order valence-corrected chi connectivity index (χ0v) is 17.7. The van der Waals surface area contributed by atoms with E-state index in [4.69, 9.17) is 19.7 Å². The minimum absolute atomic E-state index is 0.231. The predicted octanol–water partition coefficient (Wildman–Crippen LogP) is 4.43. The van der Waals surface area contributed by atoms with Gasteiger partial charge in [0.05, 0.1) is 32.4 Å². The molecule has 0 radical (unpaired) electrons. The van der Waals surface area contributed by atoms with E-state index in [9.17, 15) is 4.79 Å². The fourth-order valence-electron chi connectivity index (χ4n) is 3.13. The first-order chi connectivity index (χ1) is 15.1. The molecule has 4 rings (SSSR count). The number of carbonyl (C=O) groups excluding carboxylic acids is 1. The molecule has 0 saturated heterocycles. The Bertz CT molecular complexity index is 1220. The van der Waals surface area contributed by atoms with E-state index in [1.54, 1.807) is 61.8 Å². The number of anilines is 1. The molecule has 154 valence electrons. The summed E-state index contributed by atoms with van der Waals surface area (Å²) in [6.45, 7) is 0.289. The summed E-state index contributed by atoms with van der Waals surface area (Å²) < 4.78 is 11.7. The molecule has 0 aliphatic carbocycles. The van der Waals surface area contributed by atoms with Crippen LogP contribution in [0, 0.1) is 11.3 Å². The number of pyridine rings is 1. The quantitative estimate of drug-likeness (QED) is 0.450. The highest BCUT2D eigenvalue weighted by molar-refractivity contribution is 7.22. The fourth-order valence-corrected chi connectivity index (χ4v) is 4.21. The molecule has 8 heteroatoms. The normalized spacial score (nSPS) is 10.5. The molecule has 0 N–H and O–H groups in total. The third-order valence-electron chi connectivity index (χ3n) is 4.70. The van der Waals surface area contributed by atoms with E-state index in [1.165, 1.54) is 11.3 Å². The molecule has 31 heavy (non-hydrogen) atoms. The van der Waals surface area contributed by atoms with Gasteiger partial charge in [0.25, 0.3) is 5.91 Å². The van der Waals surface area contributed by atoms with Crippen LogP contribution in [0.15, 0.2) is 60.9 Å². The van der Waals surface area contributed by atoms with E-state index < -0.39 is 0 Å². The van der Waals surface area contributed by atoms with Crippen LogP contribution in [0.2, 0.25) is 0 Å². The molecule has 0 bridgehead atoms. The molecule has 0 aliphatic rings. The van der Waals surface area contributed by atoms with Crippen LogP contribution in [0.4, 0.5) is 5.13 Å². The summed E-state index contributed by atoms with van der Waals surface area (Å²) in [7, 11) is 3.17. The van der Waals surface area contributed by atoms with Gasteiger partial charge in [-0.05, 0) is 48.0 Å². The number of hydrogen-bond acceptors (Lipinski definition) is 7. The maximum absolute atomic E-state index is 13.5. The van der Waals surface area contributed by atoms with Crippen LogP contribution in [-0.4, -0.2) is 30.1 Å². The highest BCUT2D eigenvalue weighted by Crippen LogP contribution is 2.40. The van der Waals surface area contributed by atoms with Gasteiger partial charge < -0.3 is 9.47 Å². The molecule has 2 heterocycles. The molecule has 4 aromatic rings. The van der Waals surface area contributed by atoms with Gasteiger partial charge >= 0.3 is 0 Å². The number of fused-ring (bicyclic) bond motifs is 1. The Balaban J connectivity index is 1.82. The van der Waals surface area contributed by atoms with Gasteiger partial charge in [0.1, 0.15) is 21.7 Å². The monoisotopic (exact) mass is 430 g/mol. The Labute approximate surface area is 183 Å². The number of aromatic nitrogens is 2. The van der Waals surface area contributed by atoms with E-state index in [-0.39, 0.29) is 12.5 Å². The van der Waals surface area contributed by atoms with Crippen LogP contribution in [-0.2, 0) is 6.54 Å². The lowest BCUT2D eigenvalue weighted by Crippen LogP contribution is -2.30. The van der Waals surface area contributed by atoms with Gasteiger partial charge in [-0.3, -0.25) is 14.7 Å². The summed E-state index contributed by atoms with van der Waals surface area (Å²) in [5.41, 5.74) is 2.44. The molecular formula is C23H18N4O3S. The number of amides is 1. The first-order valence-electron chi connectivity index (χ1n) is 9.37. The van der Waals surface area contributed by atoms with Crippen LogP contribution in [0.3, 0.4) is 0 Å². The van der Waals surface area contributed by atoms with Crippen LogP contribution in [0.25, 0.3) is 10.2 Å². The van der Waals surface area contributed by atoms with Crippen molar-refractivity contribution in [2.24, 2.45) is 0 Å². The second kappa shape index (κ2) is 8.81. The number of rotatable bonds is 6. The maximum Gasteiger partial charge on any atom is 0.260 e. The Morgan fingerprint density at radius 2 is 1.84 bits per heavy atom. The second-order valence-electron chi connectivity index (χ2n) is 6.59.